The number of halogens is 1. The molecule has 0 radical (unpaired) electrons. The standard InChI is InChI=1S/C23H25FN4O2/c24-16-6-1-4-14(10-16)13-30-20-8-2-7-19(29)21(20)18-11-17(22(25)23(26)28-18)15-5-3-9-27-12-15/h1-2,4,6-8,10-11,15,27,29H,3,5,9,12-13,25H2,(H2,26,28). The predicted molar refractivity (Wildman–Crippen MR) is 116 cm³/mol. The summed E-state index contributed by atoms with van der Waals surface area (Å²) < 4.78 is 19.4. The van der Waals surface area contributed by atoms with Crippen LogP contribution in [0.5, 0.6) is 11.5 Å². The molecule has 1 atom stereocenters. The highest BCUT2D eigenvalue weighted by Gasteiger charge is 2.22. The van der Waals surface area contributed by atoms with Crippen molar-refractivity contribution in [2.75, 3.05) is 24.6 Å². The fourth-order valence-electron chi connectivity index (χ4n) is 3.86. The van der Waals surface area contributed by atoms with Crippen molar-refractivity contribution in [3.8, 4) is 22.8 Å². The van der Waals surface area contributed by atoms with Crippen LogP contribution in [0.1, 0.15) is 29.9 Å². The maximum absolute atomic E-state index is 13.5. The number of ether oxygens (including phenoxy) is 1. The van der Waals surface area contributed by atoms with Gasteiger partial charge in [0.2, 0.25) is 0 Å². The van der Waals surface area contributed by atoms with Gasteiger partial charge in [-0.2, -0.15) is 0 Å². The Hall–Kier alpha value is -3.32. The first-order valence-electron chi connectivity index (χ1n) is 9.99. The lowest BCUT2D eigenvalue weighted by atomic mass is 9.89. The predicted octanol–water partition coefficient (Wildman–Crippen LogP) is 3.80. The molecule has 1 aromatic heterocycles. The summed E-state index contributed by atoms with van der Waals surface area (Å²) >= 11 is 0. The number of aromatic nitrogens is 1. The molecule has 30 heavy (non-hydrogen) atoms. The fraction of sp³-hybridized carbons (Fsp3) is 0.261. The molecule has 0 bridgehead atoms. The molecule has 1 fully saturated rings. The van der Waals surface area contributed by atoms with Crippen LogP contribution in [0.15, 0.2) is 48.5 Å². The van der Waals surface area contributed by atoms with E-state index in [-0.39, 0.29) is 29.9 Å². The van der Waals surface area contributed by atoms with Crippen molar-refractivity contribution >= 4 is 11.5 Å². The van der Waals surface area contributed by atoms with E-state index in [0.717, 1.165) is 31.5 Å². The van der Waals surface area contributed by atoms with Crippen LogP contribution < -0.4 is 21.5 Å². The highest BCUT2D eigenvalue weighted by Crippen LogP contribution is 2.41. The van der Waals surface area contributed by atoms with Crippen LogP contribution in [0.2, 0.25) is 0 Å². The molecule has 1 aliphatic heterocycles. The first-order chi connectivity index (χ1) is 14.5. The van der Waals surface area contributed by atoms with E-state index in [4.69, 9.17) is 16.2 Å². The second kappa shape index (κ2) is 8.59. The summed E-state index contributed by atoms with van der Waals surface area (Å²) in [6, 6.07) is 13.1. The van der Waals surface area contributed by atoms with Crippen LogP contribution in [0.4, 0.5) is 15.9 Å². The van der Waals surface area contributed by atoms with Crippen LogP contribution in [0, 0.1) is 5.82 Å². The molecule has 0 saturated carbocycles. The number of hydrogen-bond donors (Lipinski definition) is 4. The van der Waals surface area contributed by atoms with E-state index in [2.05, 4.69) is 10.3 Å². The molecule has 0 amide bonds. The number of benzene rings is 2. The van der Waals surface area contributed by atoms with E-state index in [1.165, 1.54) is 12.1 Å². The quantitative estimate of drug-likeness (QED) is 0.512. The second-order valence-corrected chi connectivity index (χ2v) is 7.51. The van der Waals surface area contributed by atoms with Gasteiger partial charge in [0, 0.05) is 6.54 Å². The van der Waals surface area contributed by atoms with Crippen molar-refractivity contribution in [1.29, 1.82) is 0 Å². The Labute approximate surface area is 174 Å². The van der Waals surface area contributed by atoms with Gasteiger partial charge in [-0.15, -0.1) is 0 Å². The topological polar surface area (TPSA) is 106 Å². The molecule has 2 aromatic carbocycles. The van der Waals surface area contributed by atoms with Crippen molar-refractivity contribution in [2.45, 2.75) is 25.4 Å². The van der Waals surface area contributed by atoms with Gasteiger partial charge in [0.15, 0.2) is 0 Å². The minimum atomic E-state index is -0.328. The third-order valence-electron chi connectivity index (χ3n) is 5.40. The lowest BCUT2D eigenvalue weighted by Crippen LogP contribution is -2.29. The largest absolute Gasteiger partial charge is 0.507 e. The van der Waals surface area contributed by atoms with Crippen LogP contribution in [-0.2, 0) is 6.61 Å². The molecule has 1 saturated heterocycles. The summed E-state index contributed by atoms with van der Waals surface area (Å²) in [4.78, 5) is 4.42. The molecule has 1 unspecified atom stereocenters. The molecule has 156 valence electrons. The summed E-state index contributed by atoms with van der Waals surface area (Å²) in [7, 11) is 0. The van der Waals surface area contributed by atoms with E-state index in [1.807, 2.05) is 6.07 Å². The Morgan fingerprint density at radius 1 is 1.17 bits per heavy atom. The second-order valence-electron chi connectivity index (χ2n) is 7.51. The van der Waals surface area contributed by atoms with Gasteiger partial charge in [-0.05, 0) is 66.8 Å². The van der Waals surface area contributed by atoms with Gasteiger partial charge in [-0.1, -0.05) is 18.2 Å². The van der Waals surface area contributed by atoms with Crippen molar-refractivity contribution in [3.05, 3.63) is 65.5 Å². The number of nitrogen functional groups attached to an aromatic ring is 2. The Bertz CT molecular complexity index is 1050. The van der Waals surface area contributed by atoms with Crippen LogP contribution in [-0.4, -0.2) is 23.2 Å². The number of nitrogens with zero attached hydrogens (tertiary/aromatic N) is 1. The molecule has 2 heterocycles. The Morgan fingerprint density at radius 2 is 2.00 bits per heavy atom. The number of nitrogens with one attached hydrogen (secondary N) is 1. The molecule has 7 heteroatoms. The highest BCUT2D eigenvalue weighted by atomic mass is 19.1. The first kappa shape index (κ1) is 20.0. The smallest absolute Gasteiger partial charge is 0.147 e. The number of aromatic hydroxyl groups is 1. The highest BCUT2D eigenvalue weighted by molar-refractivity contribution is 5.78. The number of piperidine rings is 1. The Kier molecular flexibility index (Phi) is 5.72. The zero-order valence-corrected chi connectivity index (χ0v) is 16.6. The van der Waals surface area contributed by atoms with E-state index < -0.39 is 0 Å². The maximum atomic E-state index is 13.5. The SMILES string of the molecule is Nc1nc(-c2c(O)cccc2OCc2cccc(F)c2)cc(C2CCCNC2)c1N. The Balaban J connectivity index is 1.70. The van der Waals surface area contributed by atoms with Crippen LogP contribution in [0.3, 0.4) is 0 Å². The van der Waals surface area contributed by atoms with Gasteiger partial charge < -0.3 is 26.6 Å². The van der Waals surface area contributed by atoms with Crippen molar-refractivity contribution < 1.29 is 14.2 Å². The van der Waals surface area contributed by atoms with Crippen molar-refractivity contribution in [3.63, 3.8) is 0 Å². The number of hydrogen-bond acceptors (Lipinski definition) is 6. The average molecular weight is 408 g/mol. The molecular weight excluding hydrogens is 383 g/mol. The molecule has 6 nitrogen and oxygen atoms in total. The third kappa shape index (κ3) is 4.16. The van der Waals surface area contributed by atoms with Gasteiger partial charge in [0.1, 0.15) is 29.7 Å². The average Bonchev–Trinajstić information content (AvgIpc) is 2.75. The third-order valence-corrected chi connectivity index (χ3v) is 5.40. The van der Waals surface area contributed by atoms with E-state index in [9.17, 15) is 9.50 Å². The lowest BCUT2D eigenvalue weighted by molar-refractivity contribution is 0.305. The summed E-state index contributed by atoms with van der Waals surface area (Å²) in [5.74, 6) is 0.587. The van der Waals surface area contributed by atoms with E-state index in [1.54, 1.807) is 30.3 Å². The number of nitrogens with two attached hydrogens (primary N) is 2. The van der Waals surface area contributed by atoms with Gasteiger partial charge in [-0.3, -0.25) is 0 Å². The van der Waals surface area contributed by atoms with Crippen molar-refractivity contribution in [1.82, 2.24) is 10.3 Å². The van der Waals surface area contributed by atoms with Crippen molar-refractivity contribution in [2.24, 2.45) is 0 Å². The monoisotopic (exact) mass is 408 g/mol. The van der Waals surface area contributed by atoms with Gasteiger partial charge in [0.25, 0.3) is 0 Å². The molecular formula is C23H25FN4O2. The molecule has 3 aromatic rings. The Morgan fingerprint density at radius 3 is 2.77 bits per heavy atom. The van der Waals surface area contributed by atoms with E-state index in [0.29, 0.717) is 28.3 Å². The summed E-state index contributed by atoms with van der Waals surface area (Å²) in [5, 5.41) is 14.0. The number of pyridine rings is 1. The lowest BCUT2D eigenvalue weighted by Gasteiger charge is -2.25. The maximum Gasteiger partial charge on any atom is 0.147 e. The number of rotatable bonds is 5. The fourth-order valence-corrected chi connectivity index (χ4v) is 3.86. The van der Waals surface area contributed by atoms with Gasteiger partial charge in [-0.25, -0.2) is 9.37 Å². The van der Waals surface area contributed by atoms with Crippen LogP contribution in [0.25, 0.3) is 11.3 Å². The number of phenolic OH excluding ortho intramolecular Hbond substituents is 1. The first-order valence-corrected chi connectivity index (χ1v) is 9.99. The number of anilines is 2. The van der Waals surface area contributed by atoms with Crippen LogP contribution >= 0.6 is 0 Å². The zero-order chi connectivity index (χ0) is 21.1. The zero-order valence-electron chi connectivity index (χ0n) is 16.6. The minimum Gasteiger partial charge on any atom is -0.507 e. The molecule has 1 aliphatic rings. The molecule has 0 spiro atoms. The van der Waals surface area contributed by atoms with E-state index >= 15 is 0 Å². The van der Waals surface area contributed by atoms with Gasteiger partial charge in [0.05, 0.1) is 16.9 Å². The normalized spacial score (nSPS) is 16.4. The van der Waals surface area contributed by atoms with Gasteiger partial charge >= 0.3 is 0 Å². The molecule has 4 rings (SSSR count). The summed E-state index contributed by atoms with van der Waals surface area (Å²) in [6.07, 6.45) is 2.06. The molecule has 0 aliphatic carbocycles. The molecule has 6 N–H and O–H groups in total. The minimum absolute atomic E-state index is 0.0242. The summed E-state index contributed by atoms with van der Waals surface area (Å²) in [5.41, 5.74) is 15.4. The number of phenols is 1. The summed E-state index contributed by atoms with van der Waals surface area (Å²) in [6.45, 7) is 1.95.